The Morgan fingerprint density at radius 3 is 1.95 bits per heavy atom. The lowest BCUT2D eigenvalue weighted by Gasteiger charge is -2.29. The van der Waals surface area contributed by atoms with Gasteiger partial charge in [0.25, 0.3) is 0 Å². The van der Waals surface area contributed by atoms with E-state index in [1.807, 2.05) is 19.0 Å². The highest BCUT2D eigenvalue weighted by Crippen LogP contribution is 2.38. The predicted octanol–water partition coefficient (Wildman–Crippen LogP) is 10.2. The molecule has 3 aliphatic rings. The van der Waals surface area contributed by atoms with Crippen LogP contribution in [0.3, 0.4) is 0 Å². The van der Waals surface area contributed by atoms with Crippen LogP contribution in [0.1, 0.15) is 128 Å². The second-order valence-electron chi connectivity index (χ2n) is 12.6. The summed E-state index contributed by atoms with van der Waals surface area (Å²) in [5, 5.41) is 0. The maximum Gasteiger partial charge on any atom is 0.206 e. The van der Waals surface area contributed by atoms with Crippen LogP contribution in [-0.2, 0) is 6.42 Å². The molecule has 1 aromatic rings. The molecule has 226 valence electrons. The van der Waals surface area contributed by atoms with Crippen LogP contribution in [0.25, 0.3) is 20.8 Å². The van der Waals surface area contributed by atoms with Gasteiger partial charge >= 0.3 is 0 Å². The summed E-state index contributed by atoms with van der Waals surface area (Å²) >= 11 is 1.73. The minimum atomic E-state index is 0.192. The average molecular weight is 578 g/mol. The number of nitrogens with zero attached hydrogens (tertiary/aromatic N) is 3. The van der Waals surface area contributed by atoms with E-state index in [0.717, 1.165) is 53.3 Å². The van der Waals surface area contributed by atoms with Crippen LogP contribution >= 0.6 is 11.3 Å². The molecule has 0 amide bonds. The number of rotatable bonds is 18. The number of fused-ring (bicyclic) bond motifs is 2. The number of hydrogen-bond acceptors (Lipinski definition) is 5. The number of piperidine rings is 1. The van der Waals surface area contributed by atoms with Gasteiger partial charge in [-0.05, 0) is 56.4 Å². The lowest BCUT2D eigenvalue weighted by atomic mass is 10.0. The van der Waals surface area contributed by atoms with Crippen LogP contribution in [0.15, 0.2) is 29.1 Å². The van der Waals surface area contributed by atoms with E-state index >= 15 is 0 Å². The molecule has 41 heavy (non-hydrogen) atoms. The number of aromatic nitrogens is 1. The molecule has 1 fully saturated rings. The summed E-state index contributed by atoms with van der Waals surface area (Å²) in [6.45, 7) is 4.55. The van der Waals surface area contributed by atoms with Gasteiger partial charge in [0.05, 0.1) is 20.8 Å². The van der Waals surface area contributed by atoms with E-state index < -0.39 is 0 Å². The van der Waals surface area contributed by atoms with Crippen LogP contribution in [0, 0.1) is 0 Å². The van der Waals surface area contributed by atoms with Crippen LogP contribution in [0.5, 0.6) is 0 Å². The fraction of sp³-hybridized carbons (Fsp3) is 0.667. The fourth-order valence-electron chi connectivity index (χ4n) is 6.40. The summed E-state index contributed by atoms with van der Waals surface area (Å²) in [6, 6.07) is 8.77. The zero-order valence-corrected chi connectivity index (χ0v) is 27.1. The number of benzene rings is 2. The molecule has 1 saturated heterocycles. The van der Waals surface area contributed by atoms with Gasteiger partial charge < -0.3 is 9.80 Å². The maximum absolute atomic E-state index is 13.6. The van der Waals surface area contributed by atoms with Crippen molar-refractivity contribution in [2.45, 2.75) is 129 Å². The second kappa shape index (κ2) is 17.1. The Bertz CT molecular complexity index is 1210. The predicted molar refractivity (Wildman–Crippen MR) is 182 cm³/mol. The zero-order valence-electron chi connectivity index (χ0n) is 26.3. The topological polar surface area (TPSA) is 36.4 Å². The molecule has 0 spiro atoms. The summed E-state index contributed by atoms with van der Waals surface area (Å²) in [7, 11) is 3.99. The van der Waals surface area contributed by atoms with E-state index in [2.05, 4.69) is 36.1 Å². The maximum atomic E-state index is 13.6. The summed E-state index contributed by atoms with van der Waals surface area (Å²) in [5.41, 5.74) is 5.21. The minimum Gasteiger partial charge on any atom is -0.373 e. The quantitative estimate of drug-likeness (QED) is 0.111. The molecule has 5 heteroatoms. The number of unbranched alkanes of at least 4 members (excludes halogenated alkanes) is 14. The number of hydrogen-bond donors (Lipinski definition) is 0. The molecular weight excluding hydrogens is 522 g/mol. The fourth-order valence-corrected chi connectivity index (χ4v) is 7.60. The van der Waals surface area contributed by atoms with Crippen molar-refractivity contribution in [3.8, 4) is 10.6 Å². The highest BCUT2D eigenvalue weighted by molar-refractivity contribution is 7.22. The van der Waals surface area contributed by atoms with Crippen LogP contribution < -0.4 is 15.2 Å². The molecule has 0 radical (unpaired) electrons. The van der Waals surface area contributed by atoms with Gasteiger partial charge in [-0.1, -0.05) is 96.8 Å². The molecular formula is C36H55N3OS. The van der Waals surface area contributed by atoms with Crippen molar-refractivity contribution < 1.29 is 0 Å². The third-order valence-corrected chi connectivity index (χ3v) is 10.0. The largest absolute Gasteiger partial charge is 0.373 e. The monoisotopic (exact) mass is 577 g/mol. The van der Waals surface area contributed by atoms with E-state index in [-0.39, 0.29) is 5.43 Å². The van der Waals surface area contributed by atoms with Crippen molar-refractivity contribution >= 4 is 32.9 Å². The Hall–Kier alpha value is -2.14. The molecule has 0 N–H and O–H groups in total. The molecule has 1 aromatic carbocycles. The zero-order chi connectivity index (χ0) is 28.9. The van der Waals surface area contributed by atoms with Crippen LogP contribution in [-0.4, -0.2) is 32.2 Å². The summed E-state index contributed by atoms with van der Waals surface area (Å²) in [6.07, 6.45) is 25.1. The van der Waals surface area contributed by atoms with Crippen molar-refractivity contribution in [1.29, 1.82) is 0 Å². The van der Waals surface area contributed by atoms with E-state index in [0.29, 0.717) is 0 Å². The van der Waals surface area contributed by atoms with E-state index in [1.165, 1.54) is 120 Å². The standard InChI is InChI=1S/C36H55N3OS/c1-4-5-6-7-8-9-10-11-12-13-14-15-16-17-19-22-29-27-32-36(34(35(29)40)38(2)3)41-33-28-30(23-24-31(33)37-32)39-25-20-18-21-26-39/h23-24,27-28H,4-22,25-26H2,1-3H3. The highest BCUT2D eigenvalue weighted by atomic mass is 32.1. The molecule has 1 aliphatic carbocycles. The molecule has 4 nitrogen and oxygen atoms in total. The van der Waals surface area contributed by atoms with Gasteiger partial charge in [-0.2, -0.15) is 0 Å². The molecule has 0 aromatic heterocycles. The number of anilines is 2. The Balaban J connectivity index is 1.26. The van der Waals surface area contributed by atoms with Crippen molar-refractivity contribution in [3.05, 3.63) is 40.1 Å². The molecule has 0 unspecified atom stereocenters. The minimum absolute atomic E-state index is 0.192. The Labute approximate surface area is 253 Å². The summed E-state index contributed by atoms with van der Waals surface area (Å²) < 4.78 is 1.17. The van der Waals surface area contributed by atoms with Crippen LogP contribution in [0.2, 0.25) is 0 Å². The third kappa shape index (κ3) is 9.43. The van der Waals surface area contributed by atoms with Gasteiger partial charge in [-0.3, -0.25) is 4.79 Å². The number of aryl methyl sites for hydroxylation is 1. The SMILES string of the molecule is CCCCCCCCCCCCCCCCCc1cc2nc3ccc(N4CCCCC4)cc3sc-2c(N(C)C)c1=O. The molecule has 0 saturated carbocycles. The molecule has 4 rings (SSSR count). The molecule has 0 bridgehead atoms. The van der Waals surface area contributed by atoms with Gasteiger partial charge in [0.15, 0.2) is 0 Å². The first-order valence-corrected chi connectivity index (χ1v) is 17.7. The normalized spacial score (nSPS) is 13.9. The Morgan fingerprint density at radius 2 is 1.37 bits per heavy atom. The van der Waals surface area contributed by atoms with Gasteiger partial charge in [-0.15, -0.1) is 11.3 Å². The van der Waals surface area contributed by atoms with Crippen molar-refractivity contribution in [2.75, 3.05) is 37.0 Å². The first-order valence-electron chi connectivity index (χ1n) is 16.9. The Morgan fingerprint density at radius 1 is 0.780 bits per heavy atom. The van der Waals surface area contributed by atoms with Gasteiger partial charge in [0, 0.05) is 38.4 Å². The summed E-state index contributed by atoms with van der Waals surface area (Å²) in [4.78, 5) is 24.1. The lowest BCUT2D eigenvalue weighted by Crippen LogP contribution is -2.29. The van der Waals surface area contributed by atoms with Crippen molar-refractivity contribution in [2.24, 2.45) is 0 Å². The van der Waals surface area contributed by atoms with Gasteiger partial charge in [0.1, 0.15) is 5.69 Å². The van der Waals surface area contributed by atoms with Crippen molar-refractivity contribution in [3.63, 3.8) is 0 Å². The third-order valence-electron chi connectivity index (χ3n) is 8.88. The smallest absolute Gasteiger partial charge is 0.206 e. The van der Waals surface area contributed by atoms with E-state index in [4.69, 9.17) is 4.98 Å². The second-order valence-corrected chi connectivity index (χ2v) is 13.6. The van der Waals surface area contributed by atoms with Gasteiger partial charge in [0.2, 0.25) is 5.43 Å². The lowest BCUT2D eigenvalue weighted by molar-refractivity contribution is 0.532. The van der Waals surface area contributed by atoms with Crippen molar-refractivity contribution in [1.82, 2.24) is 4.98 Å². The molecule has 2 aliphatic heterocycles. The average Bonchev–Trinajstić information content (AvgIpc) is 2.98. The Kier molecular flexibility index (Phi) is 13.3. The van der Waals surface area contributed by atoms with E-state index in [9.17, 15) is 4.79 Å². The van der Waals surface area contributed by atoms with Crippen LogP contribution in [0.4, 0.5) is 11.4 Å². The first kappa shape index (κ1) is 31.8. The highest BCUT2D eigenvalue weighted by Gasteiger charge is 2.21. The first-order chi connectivity index (χ1) is 20.1. The van der Waals surface area contributed by atoms with Gasteiger partial charge in [-0.25, -0.2) is 4.98 Å². The molecule has 2 heterocycles. The molecule has 0 atom stereocenters. The summed E-state index contributed by atoms with van der Waals surface area (Å²) in [5.74, 6) is 0. The van der Waals surface area contributed by atoms with E-state index in [1.54, 1.807) is 11.3 Å².